The topological polar surface area (TPSA) is 69.0 Å². The minimum atomic E-state index is -0.585. The second-order valence-electron chi connectivity index (χ2n) is 6.67. The average molecular weight is 407 g/mol. The van der Waals surface area contributed by atoms with Crippen molar-refractivity contribution in [2.24, 2.45) is 5.92 Å². The number of ether oxygens (including phenoxy) is 1. The number of hydrogen-bond donors (Lipinski definition) is 1. The summed E-state index contributed by atoms with van der Waals surface area (Å²) in [5.74, 6) is 0.444. The molecule has 6 nitrogen and oxygen atoms in total. The van der Waals surface area contributed by atoms with Crippen LogP contribution >= 0.6 is 11.8 Å². The highest BCUT2D eigenvalue weighted by Gasteiger charge is 2.41. The van der Waals surface area contributed by atoms with Crippen LogP contribution in [0, 0.1) is 5.92 Å². The maximum Gasteiger partial charge on any atom is 0.317 e. The Morgan fingerprint density at radius 2 is 1.86 bits per heavy atom. The number of aromatic nitrogens is 3. The maximum absolute atomic E-state index is 12.7. The molecule has 0 saturated heterocycles. The third-order valence-corrected chi connectivity index (χ3v) is 5.64. The van der Waals surface area contributed by atoms with Crippen molar-refractivity contribution in [2.75, 3.05) is 11.9 Å². The van der Waals surface area contributed by atoms with Crippen molar-refractivity contribution in [1.82, 2.24) is 14.8 Å². The number of nitrogens with zero attached hydrogens (tertiary/aromatic N) is 3. The van der Waals surface area contributed by atoms with E-state index in [1.807, 2.05) is 48.5 Å². The van der Waals surface area contributed by atoms with Crippen LogP contribution < -0.4 is 5.32 Å². The van der Waals surface area contributed by atoms with Gasteiger partial charge in [-0.3, -0.25) is 4.79 Å². The Labute approximate surface area is 174 Å². The normalized spacial score (nSPS) is 18.0. The largest absolute Gasteiger partial charge is 0.465 e. The van der Waals surface area contributed by atoms with Crippen molar-refractivity contribution < 1.29 is 9.53 Å². The Hall–Kier alpha value is -3.06. The fourth-order valence-electron chi connectivity index (χ4n) is 3.41. The van der Waals surface area contributed by atoms with Crippen molar-refractivity contribution in [3.05, 3.63) is 84.1 Å². The number of rotatable bonds is 6. The third kappa shape index (κ3) is 4.05. The molecular weight excluding hydrogens is 384 g/mol. The summed E-state index contributed by atoms with van der Waals surface area (Å²) in [5, 5.41) is 8.50. The van der Waals surface area contributed by atoms with Gasteiger partial charge < -0.3 is 10.1 Å². The predicted molar refractivity (Wildman–Crippen MR) is 113 cm³/mol. The summed E-state index contributed by atoms with van der Waals surface area (Å²) in [6.45, 7) is 6.19. The summed E-state index contributed by atoms with van der Waals surface area (Å²) in [6.07, 6.45) is 0. The lowest BCUT2D eigenvalue weighted by atomic mass is 9.89. The summed E-state index contributed by atoms with van der Waals surface area (Å²) in [7, 11) is 0. The molecule has 4 rings (SSSR count). The maximum atomic E-state index is 12.7. The molecule has 2 atom stereocenters. The van der Waals surface area contributed by atoms with Gasteiger partial charge in [0.1, 0.15) is 5.92 Å². The smallest absolute Gasteiger partial charge is 0.317 e. The first kappa shape index (κ1) is 19.3. The number of carbonyl (C=O) groups is 1. The summed E-state index contributed by atoms with van der Waals surface area (Å²) in [6, 6.07) is 19.6. The van der Waals surface area contributed by atoms with E-state index in [2.05, 4.69) is 29.0 Å². The van der Waals surface area contributed by atoms with Gasteiger partial charge in [0.2, 0.25) is 11.1 Å². The molecule has 7 heteroatoms. The molecule has 0 unspecified atom stereocenters. The first-order valence-electron chi connectivity index (χ1n) is 9.48. The molecule has 1 aliphatic rings. The van der Waals surface area contributed by atoms with Crippen molar-refractivity contribution in [2.45, 2.75) is 23.9 Å². The van der Waals surface area contributed by atoms with Gasteiger partial charge in [-0.1, -0.05) is 79.0 Å². The number of carbonyl (C=O) groups excluding carboxylic acids is 1. The zero-order valence-electron chi connectivity index (χ0n) is 16.1. The van der Waals surface area contributed by atoms with Crippen LogP contribution in [0.1, 0.15) is 24.1 Å². The third-order valence-electron chi connectivity index (χ3n) is 4.73. The molecule has 29 heavy (non-hydrogen) atoms. The Bertz CT molecular complexity index is 1000. The minimum absolute atomic E-state index is 0.312. The van der Waals surface area contributed by atoms with Crippen LogP contribution in [0.4, 0.5) is 5.95 Å². The van der Waals surface area contributed by atoms with Gasteiger partial charge >= 0.3 is 5.97 Å². The Morgan fingerprint density at radius 3 is 2.55 bits per heavy atom. The Kier molecular flexibility index (Phi) is 5.67. The number of thioether (sulfide) groups is 1. The molecule has 0 saturated carbocycles. The molecule has 148 valence electrons. The molecule has 0 radical (unpaired) electrons. The van der Waals surface area contributed by atoms with Crippen LogP contribution in [0.25, 0.3) is 0 Å². The van der Waals surface area contributed by atoms with Gasteiger partial charge in [-0.2, -0.15) is 4.98 Å². The van der Waals surface area contributed by atoms with Crippen molar-refractivity contribution >= 4 is 23.7 Å². The molecule has 0 fully saturated rings. The SMILES string of the molecule is C=C1Nc2nc(SCc3ccccc3)nn2[C@H](c2ccccc2)[C@H]1C(=O)OCC. The second-order valence-corrected chi connectivity index (χ2v) is 7.61. The standard InChI is InChI=1S/C22H22N4O2S/c1-3-28-20(27)18-15(2)23-21-24-22(29-14-16-10-6-4-7-11-16)25-26(21)19(18)17-12-8-5-9-13-17/h4-13,18-19H,2-3,14H2,1H3,(H,23,24,25)/t18-,19+/m0/s1. The summed E-state index contributed by atoms with van der Waals surface area (Å²) in [5.41, 5.74) is 2.72. The monoisotopic (exact) mass is 406 g/mol. The fraction of sp³-hybridized carbons (Fsp3) is 0.227. The van der Waals surface area contributed by atoms with E-state index in [4.69, 9.17) is 9.84 Å². The van der Waals surface area contributed by atoms with Crippen molar-refractivity contribution in [3.8, 4) is 0 Å². The second kappa shape index (κ2) is 8.53. The van der Waals surface area contributed by atoms with E-state index in [1.165, 1.54) is 5.56 Å². The van der Waals surface area contributed by atoms with Crippen molar-refractivity contribution in [3.63, 3.8) is 0 Å². The predicted octanol–water partition coefficient (Wildman–Crippen LogP) is 4.28. The quantitative estimate of drug-likeness (QED) is 0.487. The molecule has 0 amide bonds. The van der Waals surface area contributed by atoms with E-state index >= 15 is 0 Å². The zero-order valence-corrected chi connectivity index (χ0v) is 16.9. The van der Waals surface area contributed by atoms with Gasteiger partial charge in [-0.25, -0.2) is 4.68 Å². The molecule has 0 aliphatic carbocycles. The summed E-state index contributed by atoms with van der Waals surface area (Å²) in [4.78, 5) is 17.4. The average Bonchev–Trinajstić information content (AvgIpc) is 3.15. The van der Waals surface area contributed by atoms with Gasteiger partial charge in [0.15, 0.2) is 0 Å². The number of anilines is 1. The Morgan fingerprint density at radius 1 is 1.17 bits per heavy atom. The molecule has 1 N–H and O–H groups in total. The lowest BCUT2D eigenvalue weighted by Gasteiger charge is -2.33. The highest BCUT2D eigenvalue weighted by Crippen LogP contribution is 2.39. The van der Waals surface area contributed by atoms with E-state index in [9.17, 15) is 4.79 Å². The van der Waals surface area contributed by atoms with Crippen LogP contribution in [0.2, 0.25) is 0 Å². The van der Waals surface area contributed by atoms with E-state index in [1.54, 1.807) is 23.4 Å². The van der Waals surface area contributed by atoms with E-state index in [-0.39, 0.29) is 12.0 Å². The molecular formula is C22H22N4O2S. The van der Waals surface area contributed by atoms with Crippen molar-refractivity contribution in [1.29, 1.82) is 0 Å². The van der Waals surface area contributed by atoms with Crippen LogP contribution in [-0.4, -0.2) is 27.3 Å². The van der Waals surface area contributed by atoms with E-state index < -0.39 is 5.92 Å². The van der Waals surface area contributed by atoms with E-state index in [0.717, 1.165) is 11.3 Å². The molecule has 1 aliphatic heterocycles. The van der Waals surface area contributed by atoms with E-state index in [0.29, 0.717) is 23.4 Å². The van der Waals surface area contributed by atoms with Gasteiger partial charge in [-0.05, 0) is 18.1 Å². The molecule has 0 spiro atoms. The highest BCUT2D eigenvalue weighted by atomic mass is 32.2. The summed E-state index contributed by atoms with van der Waals surface area (Å²) >= 11 is 1.56. The lowest BCUT2D eigenvalue weighted by molar-refractivity contribution is -0.147. The fourth-order valence-corrected chi connectivity index (χ4v) is 4.19. The molecule has 1 aromatic heterocycles. The zero-order chi connectivity index (χ0) is 20.2. The van der Waals surface area contributed by atoms with Gasteiger partial charge in [-0.15, -0.1) is 5.10 Å². The number of benzene rings is 2. The lowest BCUT2D eigenvalue weighted by Crippen LogP contribution is -2.37. The highest BCUT2D eigenvalue weighted by molar-refractivity contribution is 7.98. The molecule has 2 heterocycles. The molecule has 3 aromatic rings. The van der Waals surface area contributed by atoms with Crippen LogP contribution in [0.15, 0.2) is 78.1 Å². The molecule has 2 aromatic carbocycles. The number of fused-ring (bicyclic) bond motifs is 1. The first-order valence-corrected chi connectivity index (χ1v) is 10.5. The molecule has 0 bridgehead atoms. The Balaban J connectivity index is 1.67. The summed E-state index contributed by atoms with van der Waals surface area (Å²) < 4.78 is 7.10. The van der Waals surface area contributed by atoms with Crippen LogP contribution in [0.5, 0.6) is 0 Å². The number of nitrogens with one attached hydrogen (secondary N) is 1. The van der Waals surface area contributed by atoms with Gasteiger partial charge in [0.05, 0.1) is 12.6 Å². The van der Waals surface area contributed by atoms with Crippen LogP contribution in [-0.2, 0) is 15.3 Å². The number of esters is 1. The first-order chi connectivity index (χ1) is 14.2. The van der Waals surface area contributed by atoms with Gasteiger partial charge in [0, 0.05) is 11.4 Å². The number of hydrogen-bond acceptors (Lipinski definition) is 6. The van der Waals surface area contributed by atoms with Gasteiger partial charge in [0.25, 0.3) is 0 Å². The minimum Gasteiger partial charge on any atom is -0.465 e. The van der Waals surface area contributed by atoms with Crippen LogP contribution in [0.3, 0.4) is 0 Å².